The Kier molecular flexibility index (Phi) is 7.94. The highest BCUT2D eigenvalue weighted by Gasteiger charge is 2.27. The van der Waals surface area contributed by atoms with Crippen LogP contribution < -0.4 is 9.64 Å². The Hall–Kier alpha value is -2.93. The third kappa shape index (κ3) is 6.32. The second-order valence-electron chi connectivity index (χ2n) is 8.91. The van der Waals surface area contributed by atoms with Gasteiger partial charge in [-0.2, -0.15) is 0 Å². The van der Waals surface area contributed by atoms with Crippen LogP contribution in [0.2, 0.25) is 0 Å². The summed E-state index contributed by atoms with van der Waals surface area (Å²) in [6, 6.07) is 13.1. The van der Waals surface area contributed by atoms with Gasteiger partial charge in [0.25, 0.3) is 5.91 Å². The molecule has 2 saturated heterocycles. The molecule has 0 spiro atoms. The van der Waals surface area contributed by atoms with Crippen LogP contribution in [0, 0.1) is 5.92 Å². The minimum Gasteiger partial charge on any atom is -0.484 e. The molecule has 3 heterocycles. The zero-order valence-corrected chi connectivity index (χ0v) is 19.5. The number of hydrogen-bond donors (Lipinski definition) is 0. The van der Waals surface area contributed by atoms with E-state index in [9.17, 15) is 9.59 Å². The van der Waals surface area contributed by atoms with Crippen LogP contribution in [0.1, 0.15) is 36.5 Å². The van der Waals surface area contributed by atoms with Crippen LogP contribution in [-0.2, 0) is 4.79 Å². The fourth-order valence-electron chi connectivity index (χ4n) is 4.68. The first-order valence-corrected chi connectivity index (χ1v) is 12.0. The van der Waals surface area contributed by atoms with E-state index in [1.54, 1.807) is 24.3 Å². The van der Waals surface area contributed by atoms with Crippen LogP contribution in [0.5, 0.6) is 5.75 Å². The van der Waals surface area contributed by atoms with E-state index in [1.807, 2.05) is 30.2 Å². The highest BCUT2D eigenvalue weighted by molar-refractivity contribution is 5.95. The number of pyridine rings is 1. The number of amides is 1. The highest BCUT2D eigenvalue weighted by atomic mass is 16.5. The average molecular weight is 451 g/mol. The third-order valence-corrected chi connectivity index (χ3v) is 6.59. The van der Waals surface area contributed by atoms with Crippen LogP contribution in [-0.4, -0.2) is 78.9 Å². The van der Waals surface area contributed by atoms with Gasteiger partial charge in [-0.1, -0.05) is 13.0 Å². The minimum absolute atomic E-state index is 0.0355. The lowest BCUT2D eigenvalue weighted by Gasteiger charge is -2.39. The van der Waals surface area contributed by atoms with Crippen LogP contribution >= 0.6 is 0 Å². The molecular weight excluding hydrogens is 416 g/mol. The summed E-state index contributed by atoms with van der Waals surface area (Å²) in [6.45, 7) is 8.55. The smallest absolute Gasteiger partial charge is 0.260 e. The summed E-state index contributed by atoms with van der Waals surface area (Å²) in [5.74, 6) is 2.32. The van der Waals surface area contributed by atoms with Crippen molar-refractivity contribution in [3.05, 3.63) is 54.2 Å². The first-order chi connectivity index (χ1) is 16.1. The van der Waals surface area contributed by atoms with Crippen molar-refractivity contribution < 1.29 is 14.3 Å². The Labute approximate surface area is 196 Å². The van der Waals surface area contributed by atoms with Crippen LogP contribution in [0.4, 0.5) is 5.82 Å². The summed E-state index contributed by atoms with van der Waals surface area (Å²) < 4.78 is 5.70. The van der Waals surface area contributed by atoms with Gasteiger partial charge in [-0.05, 0) is 55.2 Å². The van der Waals surface area contributed by atoms with Crippen LogP contribution in [0.25, 0.3) is 0 Å². The number of carbonyl (C=O) groups excluding carboxylic acids is 2. The molecule has 1 aromatic heterocycles. The molecule has 0 radical (unpaired) electrons. The fourth-order valence-corrected chi connectivity index (χ4v) is 4.68. The van der Waals surface area contributed by atoms with Crippen LogP contribution in [0.15, 0.2) is 48.7 Å². The monoisotopic (exact) mass is 450 g/mol. The molecular formula is C26H34N4O3. The van der Waals surface area contributed by atoms with E-state index in [-0.39, 0.29) is 18.3 Å². The van der Waals surface area contributed by atoms with E-state index in [0.29, 0.717) is 23.7 Å². The van der Waals surface area contributed by atoms with Gasteiger partial charge in [-0.15, -0.1) is 0 Å². The number of rotatable bonds is 8. The van der Waals surface area contributed by atoms with Gasteiger partial charge < -0.3 is 14.5 Å². The first kappa shape index (κ1) is 23.2. The van der Waals surface area contributed by atoms with Crippen molar-refractivity contribution in [1.82, 2.24) is 14.8 Å². The molecule has 7 nitrogen and oxygen atoms in total. The largest absolute Gasteiger partial charge is 0.484 e. The Balaban J connectivity index is 1.20. The summed E-state index contributed by atoms with van der Waals surface area (Å²) in [5, 5.41) is 0. The molecule has 1 atom stereocenters. The Morgan fingerprint density at radius 2 is 1.82 bits per heavy atom. The number of anilines is 1. The predicted molar refractivity (Wildman–Crippen MR) is 129 cm³/mol. The summed E-state index contributed by atoms with van der Waals surface area (Å²) in [5.41, 5.74) is 0.677. The van der Waals surface area contributed by atoms with Crippen LogP contribution in [0.3, 0.4) is 0 Å². The number of ketones is 1. The molecule has 0 saturated carbocycles. The Morgan fingerprint density at radius 1 is 1.03 bits per heavy atom. The van der Waals surface area contributed by atoms with Crippen molar-refractivity contribution in [2.45, 2.75) is 26.2 Å². The van der Waals surface area contributed by atoms with Gasteiger partial charge in [0.15, 0.2) is 12.4 Å². The van der Waals surface area contributed by atoms with Crippen molar-refractivity contribution in [2.75, 3.05) is 57.3 Å². The number of nitrogens with zero attached hydrogens (tertiary/aromatic N) is 4. The molecule has 33 heavy (non-hydrogen) atoms. The number of aromatic nitrogens is 1. The number of carbonyl (C=O) groups is 2. The van der Waals surface area contributed by atoms with Gasteiger partial charge in [-0.3, -0.25) is 14.5 Å². The average Bonchev–Trinajstić information content (AvgIpc) is 2.88. The number of benzene rings is 1. The number of piperazine rings is 1. The van der Waals surface area contributed by atoms with Crippen molar-refractivity contribution >= 4 is 17.5 Å². The van der Waals surface area contributed by atoms with E-state index in [2.05, 4.69) is 20.9 Å². The molecule has 1 amide bonds. The lowest BCUT2D eigenvalue weighted by Crippen LogP contribution is -2.50. The maximum absolute atomic E-state index is 12.8. The molecule has 1 unspecified atom stereocenters. The topological polar surface area (TPSA) is 66.0 Å². The molecule has 7 heteroatoms. The van der Waals surface area contributed by atoms with E-state index in [0.717, 1.165) is 64.5 Å². The molecule has 2 aromatic rings. The lowest BCUT2D eigenvalue weighted by atomic mass is 9.97. The molecule has 4 rings (SSSR count). The molecule has 1 aromatic carbocycles. The van der Waals surface area contributed by atoms with E-state index < -0.39 is 0 Å². The minimum atomic E-state index is 0.0355. The molecule has 0 N–H and O–H groups in total. The number of Topliss-reactive ketones (excluding diaryl/α,β-unsaturated/α-hetero) is 1. The zero-order chi connectivity index (χ0) is 23.0. The van der Waals surface area contributed by atoms with Gasteiger partial charge in [0.1, 0.15) is 11.6 Å². The molecule has 2 aliphatic heterocycles. The standard InChI is InChI=1S/C26H34N4O3/c1-2-24(31)22-8-10-23(11-9-22)33-20-26(32)30-13-5-6-21(19-30)18-28-14-16-29(17-15-28)25-7-3-4-12-27-25/h3-4,7-12,21H,2,5-6,13-20H2,1H3. The molecule has 2 aliphatic rings. The molecule has 176 valence electrons. The van der Waals surface area contributed by atoms with Crippen molar-refractivity contribution in [1.29, 1.82) is 0 Å². The Bertz CT molecular complexity index is 911. The van der Waals surface area contributed by atoms with Crippen molar-refractivity contribution in [2.24, 2.45) is 5.92 Å². The number of hydrogen-bond acceptors (Lipinski definition) is 6. The second kappa shape index (κ2) is 11.3. The first-order valence-electron chi connectivity index (χ1n) is 12.0. The molecule has 2 fully saturated rings. The number of piperidine rings is 1. The fraction of sp³-hybridized carbons (Fsp3) is 0.500. The number of ether oxygens (including phenoxy) is 1. The maximum Gasteiger partial charge on any atom is 0.260 e. The summed E-state index contributed by atoms with van der Waals surface area (Å²) >= 11 is 0. The molecule has 0 aliphatic carbocycles. The van der Waals surface area contributed by atoms with Gasteiger partial charge in [-0.25, -0.2) is 4.98 Å². The summed E-state index contributed by atoms with van der Waals surface area (Å²) in [6.07, 6.45) is 4.53. The highest BCUT2D eigenvalue weighted by Crippen LogP contribution is 2.20. The summed E-state index contributed by atoms with van der Waals surface area (Å²) in [4.78, 5) is 35.8. The normalized spacial score (nSPS) is 19.4. The SMILES string of the molecule is CCC(=O)c1ccc(OCC(=O)N2CCCC(CN3CCN(c4ccccn4)CC3)C2)cc1. The van der Waals surface area contributed by atoms with E-state index in [1.165, 1.54) is 0 Å². The summed E-state index contributed by atoms with van der Waals surface area (Å²) in [7, 11) is 0. The van der Waals surface area contributed by atoms with Gasteiger partial charge in [0, 0.05) is 64.0 Å². The van der Waals surface area contributed by atoms with E-state index >= 15 is 0 Å². The lowest BCUT2D eigenvalue weighted by molar-refractivity contribution is -0.135. The zero-order valence-electron chi connectivity index (χ0n) is 19.5. The van der Waals surface area contributed by atoms with Crippen molar-refractivity contribution in [3.63, 3.8) is 0 Å². The predicted octanol–water partition coefficient (Wildman–Crippen LogP) is 3.11. The third-order valence-electron chi connectivity index (χ3n) is 6.59. The second-order valence-corrected chi connectivity index (χ2v) is 8.91. The molecule has 0 bridgehead atoms. The van der Waals surface area contributed by atoms with Gasteiger partial charge in [0.2, 0.25) is 0 Å². The van der Waals surface area contributed by atoms with Gasteiger partial charge in [0.05, 0.1) is 0 Å². The number of likely N-dealkylation sites (tertiary alicyclic amines) is 1. The maximum atomic E-state index is 12.8. The quantitative estimate of drug-likeness (QED) is 0.576. The Morgan fingerprint density at radius 3 is 2.52 bits per heavy atom. The van der Waals surface area contributed by atoms with E-state index in [4.69, 9.17) is 4.74 Å². The van der Waals surface area contributed by atoms with Crippen molar-refractivity contribution in [3.8, 4) is 5.75 Å². The van der Waals surface area contributed by atoms with Gasteiger partial charge >= 0.3 is 0 Å².